The number of carbonyl (C=O) groups is 1. The van der Waals surface area contributed by atoms with Crippen LogP contribution in [0, 0.1) is 11.8 Å². The predicted molar refractivity (Wildman–Crippen MR) is 59.0 cm³/mol. The second-order valence-electron chi connectivity index (χ2n) is 4.84. The first-order chi connectivity index (χ1) is 6.61. The van der Waals surface area contributed by atoms with Crippen molar-refractivity contribution in [3.8, 4) is 0 Å². The molecule has 2 atom stereocenters. The first-order valence-electron chi connectivity index (χ1n) is 5.87. The van der Waals surface area contributed by atoms with E-state index in [1.54, 1.807) is 6.92 Å². The van der Waals surface area contributed by atoms with Crippen LogP contribution in [0.3, 0.4) is 0 Å². The number of hydrogen-bond acceptors (Lipinski definition) is 2. The first-order valence-corrected chi connectivity index (χ1v) is 5.87. The van der Waals surface area contributed by atoms with E-state index in [1.807, 2.05) is 0 Å². The number of carbonyl (C=O) groups excluding carboxylic acids is 1. The van der Waals surface area contributed by atoms with Gasteiger partial charge in [-0.15, -0.1) is 0 Å². The van der Waals surface area contributed by atoms with Gasteiger partial charge in [-0.05, 0) is 25.2 Å². The topological polar surface area (TPSA) is 43.1 Å². The quantitative estimate of drug-likeness (QED) is 0.711. The molecule has 2 heteroatoms. The minimum atomic E-state index is -0.239. The summed E-state index contributed by atoms with van der Waals surface area (Å²) in [7, 11) is 0. The smallest absolute Gasteiger partial charge is 0.146 e. The van der Waals surface area contributed by atoms with Gasteiger partial charge in [-0.2, -0.15) is 0 Å². The molecule has 0 bridgehead atoms. The Bertz CT molecular complexity index is 187. The fraction of sp³-hybridized carbons (Fsp3) is 0.917. The van der Waals surface area contributed by atoms with Gasteiger partial charge in [-0.25, -0.2) is 0 Å². The van der Waals surface area contributed by atoms with Crippen molar-refractivity contribution in [3.63, 3.8) is 0 Å². The average Bonchev–Trinajstić information content (AvgIpc) is 2.07. The van der Waals surface area contributed by atoms with Crippen molar-refractivity contribution in [1.82, 2.24) is 0 Å². The molecule has 1 fully saturated rings. The van der Waals surface area contributed by atoms with E-state index in [9.17, 15) is 4.79 Å². The van der Waals surface area contributed by atoms with E-state index >= 15 is 0 Å². The minimum absolute atomic E-state index is 0.126. The molecule has 0 aromatic rings. The minimum Gasteiger partial charge on any atom is -0.321 e. The molecule has 0 unspecified atom stereocenters. The lowest BCUT2D eigenvalue weighted by Gasteiger charge is -2.26. The largest absolute Gasteiger partial charge is 0.321 e. The highest BCUT2D eigenvalue weighted by atomic mass is 16.1. The van der Waals surface area contributed by atoms with Crippen molar-refractivity contribution in [1.29, 1.82) is 0 Å². The average molecular weight is 197 g/mol. The molecule has 14 heavy (non-hydrogen) atoms. The molecule has 2 nitrogen and oxygen atoms in total. The molecule has 82 valence electrons. The summed E-state index contributed by atoms with van der Waals surface area (Å²) in [5.74, 6) is 1.46. The third-order valence-corrected chi connectivity index (χ3v) is 3.58. The van der Waals surface area contributed by atoms with Crippen LogP contribution in [0.1, 0.15) is 52.4 Å². The highest BCUT2D eigenvalue weighted by Crippen LogP contribution is 2.31. The van der Waals surface area contributed by atoms with Gasteiger partial charge >= 0.3 is 0 Å². The van der Waals surface area contributed by atoms with Crippen LogP contribution in [-0.2, 0) is 4.79 Å². The van der Waals surface area contributed by atoms with E-state index in [1.165, 1.54) is 32.1 Å². The van der Waals surface area contributed by atoms with Crippen molar-refractivity contribution in [2.75, 3.05) is 0 Å². The summed E-state index contributed by atoms with van der Waals surface area (Å²) >= 11 is 0. The molecule has 0 aromatic heterocycles. The molecule has 0 aromatic carbocycles. The third kappa shape index (κ3) is 3.41. The zero-order chi connectivity index (χ0) is 10.6. The van der Waals surface area contributed by atoms with Crippen LogP contribution in [-0.4, -0.2) is 11.8 Å². The lowest BCUT2D eigenvalue weighted by molar-refractivity contribution is -0.119. The molecule has 0 amide bonds. The highest BCUT2D eigenvalue weighted by molar-refractivity contribution is 5.81. The zero-order valence-electron chi connectivity index (χ0n) is 9.46. The number of nitrogens with two attached hydrogens (primary N) is 1. The van der Waals surface area contributed by atoms with E-state index in [4.69, 9.17) is 5.73 Å². The Kier molecular flexibility index (Phi) is 4.59. The van der Waals surface area contributed by atoms with E-state index in [0.717, 1.165) is 12.3 Å². The molecule has 2 N–H and O–H groups in total. The van der Waals surface area contributed by atoms with Gasteiger partial charge in [0, 0.05) is 0 Å². The SMILES string of the molecule is CC(=O)[C@H](N)[C@H](C)CCCC1CCC1. The lowest BCUT2D eigenvalue weighted by Crippen LogP contribution is -2.35. The summed E-state index contributed by atoms with van der Waals surface area (Å²) in [6.45, 7) is 3.68. The Morgan fingerprint density at radius 3 is 2.57 bits per heavy atom. The number of hydrogen-bond donors (Lipinski definition) is 1. The summed E-state index contributed by atoms with van der Waals surface area (Å²) in [5, 5.41) is 0. The summed E-state index contributed by atoms with van der Waals surface area (Å²) < 4.78 is 0. The Labute approximate surface area is 87.2 Å². The maximum absolute atomic E-state index is 11.0. The van der Waals surface area contributed by atoms with Crippen molar-refractivity contribution in [2.24, 2.45) is 17.6 Å². The van der Waals surface area contributed by atoms with Crippen molar-refractivity contribution < 1.29 is 4.79 Å². The van der Waals surface area contributed by atoms with E-state index in [0.29, 0.717) is 5.92 Å². The lowest BCUT2D eigenvalue weighted by atomic mass is 9.80. The Morgan fingerprint density at radius 2 is 2.14 bits per heavy atom. The van der Waals surface area contributed by atoms with Crippen molar-refractivity contribution >= 4 is 5.78 Å². The maximum atomic E-state index is 11.0. The maximum Gasteiger partial charge on any atom is 0.146 e. The van der Waals surface area contributed by atoms with E-state index in [-0.39, 0.29) is 11.8 Å². The molecule has 0 aliphatic heterocycles. The second-order valence-corrected chi connectivity index (χ2v) is 4.84. The van der Waals surface area contributed by atoms with E-state index in [2.05, 4.69) is 6.92 Å². The fourth-order valence-corrected chi connectivity index (χ4v) is 2.09. The highest BCUT2D eigenvalue weighted by Gasteiger charge is 2.19. The van der Waals surface area contributed by atoms with Crippen LogP contribution in [0.25, 0.3) is 0 Å². The molecule has 1 saturated carbocycles. The number of Topliss-reactive ketones (excluding diaryl/α,β-unsaturated/α-hetero) is 1. The van der Waals surface area contributed by atoms with Gasteiger partial charge in [-0.1, -0.05) is 39.0 Å². The summed E-state index contributed by atoms with van der Waals surface area (Å²) in [4.78, 5) is 11.0. The van der Waals surface area contributed by atoms with Crippen LogP contribution in [0.4, 0.5) is 0 Å². The van der Waals surface area contributed by atoms with Gasteiger partial charge in [0.15, 0.2) is 0 Å². The molecular formula is C12H23NO. The molecule has 1 rings (SSSR count). The predicted octanol–water partition coefficient (Wildman–Crippen LogP) is 2.51. The Balaban J connectivity index is 2.07. The molecule has 1 aliphatic carbocycles. The first kappa shape index (κ1) is 11.7. The molecule has 0 spiro atoms. The van der Waals surface area contributed by atoms with E-state index < -0.39 is 0 Å². The van der Waals surface area contributed by atoms with Gasteiger partial charge in [0.05, 0.1) is 6.04 Å². The Morgan fingerprint density at radius 1 is 1.50 bits per heavy atom. The van der Waals surface area contributed by atoms with Crippen LogP contribution >= 0.6 is 0 Å². The van der Waals surface area contributed by atoms with Gasteiger partial charge in [0.2, 0.25) is 0 Å². The molecule has 0 saturated heterocycles. The normalized spacial score (nSPS) is 21.4. The number of rotatable bonds is 6. The van der Waals surface area contributed by atoms with Crippen molar-refractivity contribution in [2.45, 2.75) is 58.4 Å². The molecular weight excluding hydrogens is 174 g/mol. The summed E-state index contributed by atoms with van der Waals surface area (Å²) in [6.07, 6.45) is 7.96. The zero-order valence-corrected chi connectivity index (χ0v) is 9.46. The van der Waals surface area contributed by atoms with Gasteiger partial charge in [0.25, 0.3) is 0 Å². The molecule has 0 radical (unpaired) electrons. The standard InChI is InChI=1S/C12H23NO/c1-9(12(13)10(2)14)5-3-6-11-7-4-8-11/h9,11-12H,3-8,13H2,1-2H3/t9-,12-/m1/s1. The monoisotopic (exact) mass is 197 g/mol. The second kappa shape index (κ2) is 5.50. The van der Waals surface area contributed by atoms with Crippen molar-refractivity contribution in [3.05, 3.63) is 0 Å². The number of ketones is 1. The van der Waals surface area contributed by atoms with Crippen LogP contribution in [0.5, 0.6) is 0 Å². The molecule has 0 heterocycles. The van der Waals surface area contributed by atoms with Gasteiger partial charge in [-0.3, -0.25) is 4.79 Å². The van der Waals surface area contributed by atoms with Crippen LogP contribution < -0.4 is 5.73 Å². The summed E-state index contributed by atoms with van der Waals surface area (Å²) in [6, 6.07) is -0.239. The van der Waals surface area contributed by atoms with Crippen LogP contribution in [0.15, 0.2) is 0 Å². The fourth-order valence-electron chi connectivity index (χ4n) is 2.09. The van der Waals surface area contributed by atoms with Gasteiger partial charge < -0.3 is 5.73 Å². The summed E-state index contributed by atoms with van der Waals surface area (Å²) in [5.41, 5.74) is 5.77. The molecule has 1 aliphatic rings. The Hall–Kier alpha value is -0.370. The van der Waals surface area contributed by atoms with Crippen LogP contribution in [0.2, 0.25) is 0 Å². The third-order valence-electron chi connectivity index (χ3n) is 3.58. The van der Waals surface area contributed by atoms with Gasteiger partial charge in [0.1, 0.15) is 5.78 Å².